The van der Waals surface area contributed by atoms with Crippen molar-refractivity contribution in [2.45, 2.75) is 12.1 Å². The second kappa shape index (κ2) is 9.58. The van der Waals surface area contributed by atoms with E-state index in [1.54, 1.807) is 31.4 Å². The van der Waals surface area contributed by atoms with Crippen LogP contribution in [0.5, 0.6) is 5.75 Å². The molecule has 2 amide bonds. The Labute approximate surface area is 165 Å². The van der Waals surface area contributed by atoms with Gasteiger partial charge in [0.05, 0.1) is 19.3 Å². The molecule has 0 aliphatic rings. The first-order chi connectivity index (χ1) is 13.7. The number of hydrogen-bond acceptors (Lipinski definition) is 3. The van der Waals surface area contributed by atoms with Crippen LogP contribution in [0.25, 0.3) is 0 Å². The van der Waals surface area contributed by atoms with Gasteiger partial charge in [0, 0.05) is 6.54 Å². The summed E-state index contributed by atoms with van der Waals surface area (Å²) in [6, 6.07) is 26.0. The van der Waals surface area contributed by atoms with E-state index in [1.807, 2.05) is 60.7 Å². The highest BCUT2D eigenvalue weighted by Crippen LogP contribution is 2.22. The average Bonchev–Trinajstić information content (AvgIpc) is 2.77. The van der Waals surface area contributed by atoms with E-state index in [4.69, 9.17) is 4.74 Å². The Balaban J connectivity index is 1.63. The summed E-state index contributed by atoms with van der Waals surface area (Å²) < 4.78 is 5.11. The van der Waals surface area contributed by atoms with Crippen molar-refractivity contribution in [2.24, 2.45) is 0 Å². The zero-order valence-electron chi connectivity index (χ0n) is 15.7. The number of hydrogen-bond donors (Lipinski definition) is 3. The Bertz CT molecular complexity index is 828. The van der Waals surface area contributed by atoms with E-state index in [0.29, 0.717) is 5.56 Å². The number of benzene rings is 3. The van der Waals surface area contributed by atoms with Crippen molar-refractivity contribution in [3.8, 4) is 5.75 Å². The number of ether oxygens (including phenoxy) is 1. The summed E-state index contributed by atoms with van der Waals surface area (Å²) >= 11 is 0. The van der Waals surface area contributed by atoms with Crippen LogP contribution in [0, 0.1) is 0 Å². The highest BCUT2D eigenvalue weighted by atomic mass is 16.5. The Morgan fingerprint density at radius 3 is 1.89 bits per heavy atom. The fraction of sp³-hybridized carbons (Fsp3) is 0.174. The SMILES string of the molecule is COc1ccc(C(O)CNC(=O)NC(c2ccccc2)c2ccccc2)cc1. The molecule has 1 unspecified atom stereocenters. The number of aliphatic hydroxyl groups excluding tert-OH is 1. The first kappa shape index (κ1) is 19.5. The number of methoxy groups -OCH3 is 1. The van der Waals surface area contributed by atoms with E-state index >= 15 is 0 Å². The maximum absolute atomic E-state index is 12.5. The van der Waals surface area contributed by atoms with Crippen molar-refractivity contribution in [3.05, 3.63) is 102 Å². The normalized spacial score (nSPS) is 11.7. The summed E-state index contributed by atoms with van der Waals surface area (Å²) in [5.41, 5.74) is 2.68. The van der Waals surface area contributed by atoms with E-state index in [0.717, 1.165) is 16.9 Å². The third kappa shape index (κ3) is 5.11. The number of aliphatic hydroxyl groups is 1. The van der Waals surface area contributed by atoms with E-state index in [2.05, 4.69) is 10.6 Å². The summed E-state index contributed by atoms with van der Waals surface area (Å²) in [7, 11) is 1.59. The Morgan fingerprint density at radius 1 is 0.857 bits per heavy atom. The van der Waals surface area contributed by atoms with Crippen LogP contribution in [0.2, 0.25) is 0 Å². The van der Waals surface area contributed by atoms with E-state index in [1.165, 1.54) is 0 Å². The lowest BCUT2D eigenvalue weighted by molar-refractivity contribution is 0.172. The minimum absolute atomic E-state index is 0.106. The van der Waals surface area contributed by atoms with Crippen LogP contribution in [-0.2, 0) is 0 Å². The molecule has 144 valence electrons. The molecular formula is C23H24N2O3. The number of nitrogens with one attached hydrogen (secondary N) is 2. The van der Waals surface area contributed by atoms with Crippen molar-refractivity contribution >= 4 is 6.03 Å². The van der Waals surface area contributed by atoms with Gasteiger partial charge < -0.3 is 20.5 Å². The van der Waals surface area contributed by atoms with Crippen LogP contribution in [-0.4, -0.2) is 24.8 Å². The number of amides is 2. The molecule has 0 heterocycles. The highest BCUT2D eigenvalue weighted by Gasteiger charge is 2.17. The van der Waals surface area contributed by atoms with Crippen molar-refractivity contribution in [1.29, 1.82) is 0 Å². The predicted molar refractivity (Wildman–Crippen MR) is 109 cm³/mol. The molecule has 1 atom stereocenters. The van der Waals surface area contributed by atoms with Crippen molar-refractivity contribution in [3.63, 3.8) is 0 Å². The lowest BCUT2D eigenvalue weighted by Gasteiger charge is -2.21. The first-order valence-electron chi connectivity index (χ1n) is 9.13. The zero-order chi connectivity index (χ0) is 19.8. The van der Waals surface area contributed by atoms with Crippen molar-refractivity contribution < 1.29 is 14.6 Å². The summed E-state index contributed by atoms with van der Waals surface area (Å²) in [6.45, 7) is 0.106. The average molecular weight is 376 g/mol. The highest BCUT2D eigenvalue weighted by molar-refractivity contribution is 5.75. The zero-order valence-corrected chi connectivity index (χ0v) is 15.7. The molecule has 3 N–H and O–H groups in total. The van der Waals surface area contributed by atoms with Crippen molar-refractivity contribution in [1.82, 2.24) is 10.6 Å². The molecule has 0 saturated heterocycles. The van der Waals surface area contributed by atoms with Gasteiger partial charge in [0.25, 0.3) is 0 Å². The number of urea groups is 1. The quantitative estimate of drug-likeness (QED) is 0.587. The Kier molecular flexibility index (Phi) is 6.65. The molecule has 3 aromatic rings. The van der Waals surface area contributed by atoms with Crippen LogP contribution < -0.4 is 15.4 Å². The minimum atomic E-state index is -0.802. The molecule has 0 aliphatic heterocycles. The van der Waals surface area contributed by atoms with Crippen LogP contribution in [0.1, 0.15) is 28.8 Å². The van der Waals surface area contributed by atoms with Crippen LogP contribution >= 0.6 is 0 Å². The molecule has 0 aromatic heterocycles. The molecule has 0 saturated carbocycles. The van der Waals surface area contributed by atoms with E-state index in [9.17, 15) is 9.90 Å². The maximum Gasteiger partial charge on any atom is 0.315 e. The molecule has 0 radical (unpaired) electrons. The molecular weight excluding hydrogens is 352 g/mol. The van der Waals surface area contributed by atoms with Gasteiger partial charge in [-0.05, 0) is 28.8 Å². The third-order valence-electron chi connectivity index (χ3n) is 4.50. The van der Waals surface area contributed by atoms with Gasteiger partial charge in [-0.15, -0.1) is 0 Å². The molecule has 0 aliphatic carbocycles. The minimum Gasteiger partial charge on any atom is -0.497 e. The fourth-order valence-electron chi connectivity index (χ4n) is 2.97. The first-order valence-corrected chi connectivity index (χ1v) is 9.13. The maximum atomic E-state index is 12.5. The molecule has 0 bridgehead atoms. The van der Waals surface area contributed by atoms with E-state index in [-0.39, 0.29) is 18.6 Å². The van der Waals surface area contributed by atoms with Gasteiger partial charge in [0.1, 0.15) is 5.75 Å². The second-order valence-electron chi connectivity index (χ2n) is 6.40. The van der Waals surface area contributed by atoms with Crippen LogP contribution in [0.4, 0.5) is 4.79 Å². The van der Waals surface area contributed by atoms with Gasteiger partial charge in [-0.2, -0.15) is 0 Å². The molecule has 3 aromatic carbocycles. The number of carbonyl (C=O) groups excluding carboxylic acids is 1. The largest absolute Gasteiger partial charge is 0.497 e. The van der Waals surface area contributed by atoms with E-state index < -0.39 is 6.10 Å². The number of carbonyl (C=O) groups is 1. The Morgan fingerprint density at radius 2 is 1.39 bits per heavy atom. The summed E-state index contributed by atoms with van der Waals surface area (Å²) in [6.07, 6.45) is -0.802. The predicted octanol–water partition coefficient (Wildman–Crippen LogP) is 3.82. The lowest BCUT2D eigenvalue weighted by atomic mass is 9.99. The molecule has 5 nitrogen and oxygen atoms in total. The van der Waals surface area contributed by atoms with Gasteiger partial charge >= 0.3 is 6.03 Å². The van der Waals surface area contributed by atoms with Crippen LogP contribution in [0.3, 0.4) is 0 Å². The second-order valence-corrected chi connectivity index (χ2v) is 6.40. The van der Waals surface area contributed by atoms with Gasteiger partial charge in [-0.25, -0.2) is 4.79 Å². The van der Waals surface area contributed by atoms with Gasteiger partial charge in [0.2, 0.25) is 0 Å². The number of rotatable bonds is 7. The van der Waals surface area contributed by atoms with Gasteiger partial charge in [0.15, 0.2) is 0 Å². The monoisotopic (exact) mass is 376 g/mol. The Hall–Kier alpha value is -3.31. The third-order valence-corrected chi connectivity index (χ3v) is 4.50. The molecule has 0 fully saturated rings. The molecule has 3 rings (SSSR count). The summed E-state index contributed by atoms with van der Waals surface area (Å²) in [4.78, 5) is 12.5. The standard InChI is InChI=1S/C23H24N2O3/c1-28-20-14-12-17(13-15-20)21(26)16-24-23(27)25-22(18-8-4-2-5-9-18)19-10-6-3-7-11-19/h2-15,21-22,26H,16H2,1H3,(H2,24,25,27). The smallest absolute Gasteiger partial charge is 0.315 e. The van der Waals surface area contributed by atoms with Crippen LogP contribution in [0.15, 0.2) is 84.9 Å². The van der Waals surface area contributed by atoms with Gasteiger partial charge in [-0.1, -0.05) is 72.8 Å². The lowest BCUT2D eigenvalue weighted by Crippen LogP contribution is -2.40. The molecule has 0 spiro atoms. The van der Waals surface area contributed by atoms with Gasteiger partial charge in [-0.3, -0.25) is 0 Å². The van der Waals surface area contributed by atoms with Crippen molar-refractivity contribution in [2.75, 3.05) is 13.7 Å². The molecule has 5 heteroatoms. The fourth-order valence-corrected chi connectivity index (χ4v) is 2.97. The summed E-state index contributed by atoms with van der Waals surface area (Å²) in [5.74, 6) is 0.718. The summed E-state index contributed by atoms with van der Waals surface area (Å²) in [5, 5.41) is 16.1. The molecule has 28 heavy (non-hydrogen) atoms. The topological polar surface area (TPSA) is 70.6 Å².